The number of thiol groups is 1. The Morgan fingerprint density at radius 3 is 3.00 bits per heavy atom. The van der Waals surface area contributed by atoms with Gasteiger partial charge in [0.25, 0.3) is 0 Å². The lowest BCUT2D eigenvalue weighted by Gasteiger charge is -2.04. The Morgan fingerprint density at radius 2 is 2.50 bits per heavy atom. The minimum absolute atomic E-state index is 0.175. The zero-order valence-electron chi connectivity index (χ0n) is 5.69. The number of aliphatic hydroxyl groups excluding tert-OH is 1. The molecule has 1 fully saturated rings. The summed E-state index contributed by atoms with van der Waals surface area (Å²) in [4.78, 5) is 0. The van der Waals surface area contributed by atoms with Crippen molar-refractivity contribution in [1.29, 1.82) is 0 Å². The van der Waals surface area contributed by atoms with Crippen molar-refractivity contribution in [3.8, 4) is 0 Å². The lowest BCUT2D eigenvalue weighted by molar-refractivity contribution is 0.302. The Labute approximate surface area is 75.8 Å². The number of thioether (sulfide) groups is 2. The van der Waals surface area contributed by atoms with Crippen LogP contribution >= 0.6 is 36.2 Å². The summed E-state index contributed by atoms with van der Waals surface area (Å²) in [5.41, 5.74) is 0. The first-order valence-electron chi connectivity index (χ1n) is 3.31. The molecule has 0 aliphatic carbocycles. The Bertz CT molecular complexity index is 95.0. The third-order valence-electron chi connectivity index (χ3n) is 1.23. The quantitative estimate of drug-likeness (QED) is 0.508. The summed E-state index contributed by atoms with van der Waals surface area (Å²) in [5.74, 6) is 3.56. The van der Waals surface area contributed by atoms with E-state index in [9.17, 15) is 0 Å². The lowest BCUT2D eigenvalue weighted by atomic mass is 10.5. The van der Waals surface area contributed by atoms with Gasteiger partial charge < -0.3 is 5.11 Å². The van der Waals surface area contributed by atoms with Gasteiger partial charge in [0.15, 0.2) is 0 Å². The molecule has 2 atom stereocenters. The monoisotopic (exact) mass is 196 g/mol. The van der Waals surface area contributed by atoms with Crippen molar-refractivity contribution in [3.05, 3.63) is 0 Å². The van der Waals surface area contributed by atoms with Gasteiger partial charge in [-0.05, 0) is 0 Å². The van der Waals surface area contributed by atoms with E-state index >= 15 is 0 Å². The molecule has 0 aromatic heterocycles. The van der Waals surface area contributed by atoms with Crippen LogP contribution in [0, 0.1) is 0 Å². The van der Waals surface area contributed by atoms with Crippen LogP contribution in [0.2, 0.25) is 0 Å². The van der Waals surface area contributed by atoms with Crippen molar-refractivity contribution < 1.29 is 5.11 Å². The number of hydrogen-bond acceptors (Lipinski definition) is 4. The average molecular weight is 196 g/mol. The summed E-state index contributed by atoms with van der Waals surface area (Å²) >= 11 is 8.09. The summed E-state index contributed by atoms with van der Waals surface area (Å²) in [6, 6.07) is 0. The fraction of sp³-hybridized carbons (Fsp3) is 1.00. The molecule has 0 bridgehead atoms. The van der Waals surface area contributed by atoms with Gasteiger partial charge in [0, 0.05) is 27.8 Å². The van der Waals surface area contributed by atoms with E-state index in [4.69, 9.17) is 5.11 Å². The van der Waals surface area contributed by atoms with Gasteiger partial charge in [-0.1, -0.05) is 0 Å². The van der Waals surface area contributed by atoms with Gasteiger partial charge in [-0.25, -0.2) is 0 Å². The Kier molecular flexibility index (Phi) is 4.37. The Morgan fingerprint density at radius 1 is 1.80 bits per heavy atom. The van der Waals surface area contributed by atoms with Crippen molar-refractivity contribution in [2.24, 2.45) is 0 Å². The SMILES string of the molecule is OCC(S)CSCC1CS1. The van der Waals surface area contributed by atoms with Crippen LogP contribution in [0.3, 0.4) is 0 Å². The van der Waals surface area contributed by atoms with E-state index in [1.807, 2.05) is 23.5 Å². The molecular formula is C6H12OS3. The molecule has 1 aliphatic rings. The van der Waals surface area contributed by atoms with Crippen molar-refractivity contribution in [1.82, 2.24) is 0 Å². The fourth-order valence-corrected chi connectivity index (χ4v) is 2.84. The van der Waals surface area contributed by atoms with E-state index in [-0.39, 0.29) is 11.9 Å². The van der Waals surface area contributed by atoms with E-state index in [1.54, 1.807) is 0 Å². The topological polar surface area (TPSA) is 20.2 Å². The van der Waals surface area contributed by atoms with Gasteiger partial charge >= 0.3 is 0 Å². The zero-order chi connectivity index (χ0) is 7.40. The average Bonchev–Trinajstić information content (AvgIpc) is 2.71. The summed E-state index contributed by atoms with van der Waals surface area (Å²) in [7, 11) is 0. The number of hydrogen-bond donors (Lipinski definition) is 2. The van der Waals surface area contributed by atoms with Crippen LogP contribution < -0.4 is 0 Å². The highest BCUT2D eigenvalue weighted by Gasteiger charge is 2.21. The smallest absolute Gasteiger partial charge is 0.0555 e. The molecule has 0 amide bonds. The van der Waals surface area contributed by atoms with Gasteiger partial charge in [-0.3, -0.25) is 0 Å². The van der Waals surface area contributed by atoms with Crippen LogP contribution in [-0.4, -0.2) is 39.5 Å². The molecule has 0 radical (unpaired) electrons. The fourth-order valence-electron chi connectivity index (χ4n) is 0.552. The maximum absolute atomic E-state index is 8.62. The van der Waals surface area contributed by atoms with Crippen LogP contribution in [-0.2, 0) is 0 Å². The third-order valence-corrected chi connectivity index (χ3v) is 4.28. The molecule has 1 N–H and O–H groups in total. The van der Waals surface area contributed by atoms with Crippen LogP contribution in [0.15, 0.2) is 0 Å². The highest BCUT2D eigenvalue weighted by atomic mass is 32.2. The molecule has 4 heteroatoms. The first-order valence-corrected chi connectivity index (χ1v) is 6.03. The van der Waals surface area contributed by atoms with Gasteiger partial charge in [0.05, 0.1) is 6.61 Å². The lowest BCUT2D eigenvalue weighted by Crippen LogP contribution is -2.08. The molecular weight excluding hydrogens is 184 g/mol. The molecule has 1 saturated heterocycles. The van der Waals surface area contributed by atoms with Crippen molar-refractivity contribution in [2.45, 2.75) is 10.5 Å². The van der Waals surface area contributed by atoms with E-state index in [1.165, 1.54) is 11.5 Å². The Hall–Kier alpha value is 1.01. The molecule has 0 saturated carbocycles. The minimum Gasteiger partial charge on any atom is -0.395 e. The van der Waals surface area contributed by atoms with Crippen LogP contribution in [0.25, 0.3) is 0 Å². The van der Waals surface area contributed by atoms with Crippen molar-refractivity contribution in [3.63, 3.8) is 0 Å². The molecule has 0 aromatic rings. The van der Waals surface area contributed by atoms with E-state index in [0.29, 0.717) is 0 Å². The molecule has 1 aliphatic heterocycles. The second-order valence-electron chi connectivity index (χ2n) is 2.33. The first-order chi connectivity index (χ1) is 4.83. The highest BCUT2D eigenvalue weighted by Crippen LogP contribution is 2.33. The second kappa shape index (κ2) is 4.80. The van der Waals surface area contributed by atoms with E-state index < -0.39 is 0 Å². The van der Waals surface area contributed by atoms with Gasteiger partial charge in [0.2, 0.25) is 0 Å². The van der Waals surface area contributed by atoms with Crippen molar-refractivity contribution in [2.75, 3.05) is 23.9 Å². The molecule has 1 rings (SSSR count). The van der Waals surface area contributed by atoms with Crippen molar-refractivity contribution >= 4 is 36.2 Å². The molecule has 60 valence electrons. The molecule has 0 spiro atoms. The van der Waals surface area contributed by atoms with Crippen LogP contribution in [0.1, 0.15) is 0 Å². The van der Waals surface area contributed by atoms with Gasteiger partial charge in [-0.2, -0.15) is 36.2 Å². The minimum atomic E-state index is 0.175. The molecule has 10 heavy (non-hydrogen) atoms. The van der Waals surface area contributed by atoms with E-state index in [0.717, 1.165) is 11.0 Å². The molecule has 1 nitrogen and oxygen atoms in total. The summed E-state index contributed by atoms with van der Waals surface area (Å²) in [6.07, 6.45) is 0. The normalized spacial score (nSPS) is 26.4. The first kappa shape index (κ1) is 9.10. The molecule has 0 aromatic carbocycles. The van der Waals surface area contributed by atoms with Gasteiger partial charge in [-0.15, -0.1) is 0 Å². The number of aliphatic hydroxyl groups is 1. The predicted octanol–water partition coefficient (Wildman–Crippen LogP) is 1.13. The zero-order valence-corrected chi connectivity index (χ0v) is 8.22. The summed E-state index contributed by atoms with van der Waals surface area (Å²) < 4.78 is 0. The third kappa shape index (κ3) is 4.01. The van der Waals surface area contributed by atoms with Crippen LogP contribution in [0.5, 0.6) is 0 Å². The van der Waals surface area contributed by atoms with E-state index in [2.05, 4.69) is 12.6 Å². The predicted molar refractivity (Wildman–Crippen MR) is 53.4 cm³/mol. The summed E-state index contributed by atoms with van der Waals surface area (Å²) in [6.45, 7) is 0.202. The maximum Gasteiger partial charge on any atom is 0.0555 e. The maximum atomic E-state index is 8.62. The number of rotatable bonds is 5. The Balaban J connectivity index is 1.83. The molecule has 1 heterocycles. The summed E-state index contributed by atoms with van der Waals surface area (Å²) in [5, 5.41) is 9.70. The van der Waals surface area contributed by atoms with Crippen LogP contribution in [0.4, 0.5) is 0 Å². The second-order valence-corrected chi connectivity index (χ2v) is 5.47. The largest absolute Gasteiger partial charge is 0.395 e. The molecule has 2 unspecified atom stereocenters. The standard InChI is InChI=1S/C6H12OS3/c7-1-5(8)2-9-3-6-4-10-6/h5-8H,1-4H2. The van der Waals surface area contributed by atoms with Gasteiger partial charge in [0.1, 0.15) is 0 Å². The highest BCUT2D eigenvalue weighted by molar-refractivity contribution is 8.08.